The summed E-state index contributed by atoms with van der Waals surface area (Å²) in [6, 6.07) is 5.24. The fourth-order valence-electron chi connectivity index (χ4n) is 2.21. The van der Waals surface area contributed by atoms with E-state index in [1.54, 1.807) is 12.1 Å². The van der Waals surface area contributed by atoms with Gasteiger partial charge in [-0.05, 0) is 12.1 Å². The topological polar surface area (TPSA) is 75.0 Å². The molecule has 0 bridgehead atoms. The fourth-order valence-corrected chi connectivity index (χ4v) is 2.21. The van der Waals surface area contributed by atoms with Gasteiger partial charge in [-0.1, -0.05) is 6.08 Å². The number of hydrogen-bond acceptors (Lipinski definition) is 4. The van der Waals surface area contributed by atoms with Gasteiger partial charge < -0.3 is 15.5 Å². The molecule has 6 heteroatoms. The first-order valence-corrected chi connectivity index (χ1v) is 6.42. The van der Waals surface area contributed by atoms with Gasteiger partial charge in [-0.2, -0.15) is 0 Å². The maximum atomic E-state index is 11.0. The quantitative estimate of drug-likeness (QED) is 0.463. The summed E-state index contributed by atoms with van der Waals surface area (Å²) in [5.74, 6) is 0. The summed E-state index contributed by atoms with van der Waals surface area (Å²) in [5.41, 5.74) is 1.69. The molecule has 102 valence electrons. The van der Waals surface area contributed by atoms with Crippen molar-refractivity contribution in [1.82, 2.24) is 0 Å². The highest BCUT2D eigenvalue weighted by Crippen LogP contribution is 2.29. The van der Waals surface area contributed by atoms with Crippen molar-refractivity contribution in [2.75, 3.05) is 42.9 Å². The molecule has 0 atom stereocenters. The molecule has 0 saturated carbocycles. The minimum atomic E-state index is -0.362. The van der Waals surface area contributed by atoms with E-state index in [4.69, 9.17) is 0 Å². The van der Waals surface area contributed by atoms with E-state index in [1.807, 2.05) is 12.1 Å². The van der Waals surface area contributed by atoms with Gasteiger partial charge in [0.1, 0.15) is 5.69 Å². The van der Waals surface area contributed by atoms with Crippen molar-refractivity contribution in [3.05, 3.63) is 41.0 Å². The normalized spacial score (nSPS) is 15.1. The van der Waals surface area contributed by atoms with Crippen LogP contribution in [-0.2, 0) is 0 Å². The van der Waals surface area contributed by atoms with Gasteiger partial charge in [-0.25, -0.2) is 0 Å². The van der Waals surface area contributed by atoms with Crippen LogP contribution in [0.25, 0.3) is 0 Å². The summed E-state index contributed by atoms with van der Waals surface area (Å²) in [6.07, 6.45) is 1.69. The first-order valence-electron chi connectivity index (χ1n) is 6.42. The van der Waals surface area contributed by atoms with Crippen molar-refractivity contribution in [2.45, 2.75) is 0 Å². The number of benzene rings is 1. The van der Waals surface area contributed by atoms with Gasteiger partial charge in [0.25, 0.3) is 5.69 Å². The van der Waals surface area contributed by atoms with Crippen LogP contribution in [0.1, 0.15) is 0 Å². The van der Waals surface area contributed by atoms with Crippen LogP contribution in [-0.4, -0.2) is 37.6 Å². The summed E-state index contributed by atoms with van der Waals surface area (Å²) >= 11 is 0. The van der Waals surface area contributed by atoms with Crippen LogP contribution in [0.3, 0.4) is 0 Å². The summed E-state index contributed by atoms with van der Waals surface area (Å²) < 4.78 is 0. The number of nitro groups is 1. The molecule has 1 heterocycles. The van der Waals surface area contributed by atoms with Gasteiger partial charge in [0.2, 0.25) is 0 Å². The number of nitro benzene ring substituents is 1. The van der Waals surface area contributed by atoms with Crippen LogP contribution in [0.2, 0.25) is 0 Å². The van der Waals surface area contributed by atoms with Crippen LogP contribution in [0.5, 0.6) is 0 Å². The number of anilines is 2. The number of piperazine rings is 1. The lowest BCUT2D eigenvalue weighted by molar-refractivity contribution is -0.655. The van der Waals surface area contributed by atoms with E-state index in [9.17, 15) is 10.1 Å². The number of nitrogens with zero attached hydrogens (tertiary/aromatic N) is 2. The molecular formula is C13H19N4O2+. The highest BCUT2D eigenvalue weighted by molar-refractivity contribution is 5.69. The Bertz CT molecular complexity index is 470. The Morgan fingerprint density at radius 1 is 1.47 bits per heavy atom. The predicted molar refractivity (Wildman–Crippen MR) is 75.7 cm³/mol. The third-order valence-electron chi connectivity index (χ3n) is 3.19. The predicted octanol–water partition coefficient (Wildman–Crippen LogP) is 0.576. The van der Waals surface area contributed by atoms with Crippen molar-refractivity contribution in [3.8, 4) is 0 Å². The maximum absolute atomic E-state index is 11.0. The minimum absolute atomic E-state index is 0.106. The molecule has 6 nitrogen and oxygen atoms in total. The van der Waals surface area contributed by atoms with Crippen LogP contribution < -0.4 is 15.5 Å². The van der Waals surface area contributed by atoms with Crippen LogP contribution in [0, 0.1) is 10.1 Å². The average Bonchev–Trinajstić information content (AvgIpc) is 2.45. The highest BCUT2D eigenvalue weighted by Gasteiger charge is 2.18. The summed E-state index contributed by atoms with van der Waals surface area (Å²) in [5, 5.41) is 16.3. The molecule has 0 aliphatic carbocycles. The second-order valence-corrected chi connectivity index (χ2v) is 4.48. The van der Waals surface area contributed by atoms with E-state index in [2.05, 4.69) is 22.1 Å². The van der Waals surface area contributed by atoms with Gasteiger partial charge in [-0.3, -0.25) is 10.1 Å². The van der Waals surface area contributed by atoms with Crippen LogP contribution in [0.15, 0.2) is 30.9 Å². The zero-order valence-electron chi connectivity index (χ0n) is 10.8. The molecule has 2 rings (SSSR count). The van der Waals surface area contributed by atoms with Gasteiger partial charge >= 0.3 is 0 Å². The smallest absolute Gasteiger partial charge is 0.292 e. The minimum Gasteiger partial charge on any atom is -0.376 e. The Morgan fingerprint density at radius 3 is 2.84 bits per heavy atom. The molecular weight excluding hydrogens is 244 g/mol. The monoisotopic (exact) mass is 263 g/mol. The summed E-state index contributed by atoms with van der Waals surface area (Å²) in [7, 11) is 0. The van der Waals surface area contributed by atoms with E-state index in [1.165, 1.54) is 0 Å². The van der Waals surface area contributed by atoms with Gasteiger partial charge in [0, 0.05) is 18.3 Å². The van der Waals surface area contributed by atoms with Crippen LogP contribution in [0.4, 0.5) is 17.1 Å². The molecule has 1 aliphatic rings. The zero-order chi connectivity index (χ0) is 13.7. The Labute approximate surface area is 112 Å². The maximum Gasteiger partial charge on any atom is 0.292 e. The molecule has 1 fully saturated rings. The zero-order valence-corrected chi connectivity index (χ0v) is 10.8. The van der Waals surface area contributed by atoms with E-state index >= 15 is 0 Å². The number of hydrogen-bond donors (Lipinski definition) is 2. The lowest BCUT2D eigenvalue weighted by Gasteiger charge is -2.27. The lowest BCUT2D eigenvalue weighted by Crippen LogP contribution is -2.89. The van der Waals surface area contributed by atoms with E-state index < -0.39 is 0 Å². The van der Waals surface area contributed by atoms with Crippen LogP contribution >= 0.6 is 0 Å². The molecule has 1 saturated heterocycles. The second kappa shape index (κ2) is 6.19. The molecule has 0 spiro atoms. The first-order chi connectivity index (χ1) is 9.22. The lowest BCUT2D eigenvalue weighted by atomic mass is 10.2. The molecule has 3 N–H and O–H groups in total. The Hall–Kier alpha value is -2.08. The molecule has 1 aromatic carbocycles. The molecule has 0 amide bonds. The molecule has 0 aromatic heterocycles. The van der Waals surface area contributed by atoms with Crippen molar-refractivity contribution in [1.29, 1.82) is 0 Å². The third kappa shape index (κ3) is 3.23. The number of nitrogens with one attached hydrogen (secondary N) is 1. The van der Waals surface area contributed by atoms with E-state index in [-0.39, 0.29) is 10.6 Å². The summed E-state index contributed by atoms with van der Waals surface area (Å²) in [4.78, 5) is 12.9. The molecule has 0 unspecified atom stereocenters. The van der Waals surface area contributed by atoms with Gasteiger partial charge in [0.05, 0.1) is 31.1 Å². The number of quaternary nitrogens is 1. The Balaban J connectivity index is 2.25. The fraction of sp³-hybridized carbons (Fsp3) is 0.385. The third-order valence-corrected chi connectivity index (χ3v) is 3.19. The first kappa shape index (κ1) is 13.4. The largest absolute Gasteiger partial charge is 0.376 e. The average molecular weight is 263 g/mol. The molecule has 1 aliphatic heterocycles. The van der Waals surface area contributed by atoms with Gasteiger partial charge in [0.15, 0.2) is 0 Å². The van der Waals surface area contributed by atoms with E-state index in [0.717, 1.165) is 31.9 Å². The molecule has 1 aromatic rings. The van der Waals surface area contributed by atoms with Gasteiger partial charge in [-0.15, -0.1) is 6.58 Å². The van der Waals surface area contributed by atoms with Crippen molar-refractivity contribution in [3.63, 3.8) is 0 Å². The Kier molecular flexibility index (Phi) is 4.35. The molecule has 0 radical (unpaired) electrons. The van der Waals surface area contributed by atoms with Crippen molar-refractivity contribution in [2.24, 2.45) is 0 Å². The number of rotatable bonds is 5. The SMILES string of the molecule is C=CCNc1cc(N2CC[NH2+]CC2)ccc1[N+](=O)[O-]. The standard InChI is InChI=1S/C13H18N4O2/c1-2-5-15-12-10-11(3-4-13(12)17(18)19)16-8-6-14-7-9-16/h2-4,10,14-15H,1,5-9H2/p+1. The molecule has 19 heavy (non-hydrogen) atoms. The van der Waals surface area contributed by atoms with E-state index in [0.29, 0.717) is 12.2 Å². The number of nitrogens with two attached hydrogens (primary N) is 1. The summed E-state index contributed by atoms with van der Waals surface area (Å²) in [6.45, 7) is 8.19. The van der Waals surface area contributed by atoms with Crippen molar-refractivity contribution >= 4 is 17.1 Å². The second-order valence-electron chi connectivity index (χ2n) is 4.48. The van der Waals surface area contributed by atoms with Crippen molar-refractivity contribution < 1.29 is 10.2 Å². The Morgan fingerprint density at radius 2 is 2.21 bits per heavy atom. The highest BCUT2D eigenvalue weighted by atomic mass is 16.6.